The van der Waals surface area contributed by atoms with E-state index >= 15 is 0 Å². The lowest BCUT2D eigenvalue weighted by Crippen LogP contribution is -2.72. The summed E-state index contributed by atoms with van der Waals surface area (Å²) < 4.78 is 36.6. The van der Waals surface area contributed by atoms with Gasteiger partial charge in [0, 0.05) is 16.4 Å². The first-order valence-corrected chi connectivity index (χ1v) is 25.0. The van der Waals surface area contributed by atoms with Gasteiger partial charge >= 0.3 is 17.9 Å². The minimum absolute atomic E-state index is 0.00793. The topological polar surface area (TPSA) is 289 Å². The number of hydrogen-bond acceptors (Lipinski definition) is 17. The zero-order valence-corrected chi connectivity index (χ0v) is 41.9. The summed E-state index contributed by atoms with van der Waals surface area (Å²) in [4.78, 5) is 39.6. The number of carbonyl (C=O) groups excluding carboxylic acids is 2. The summed E-state index contributed by atoms with van der Waals surface area (Å²) in [7, 11) is 0. The number of allylic oxidation sites excluding steroid dienone is 3. The second-order valence-electron chi connectivity index (χ2n) is 23.4. The van der Waals surface area contributed by atoms with Crippen molar-refractivity contribution in [1.29, 1.82) is 0 Å². The molecule has 0 amide bonds. The molecule has 2 heterocycles. The summed E-state index contributed by atoms with van der Waals surface area (Å²) in [5, 5.41) is 99.0. The van der Waals surface area contributed by atoms with E-state index in [-0.39, 0.29) is 24.9 Å². The molecule has 7 aliphatic rings. The van der Waals surface area contributed by atoms with E-state index in [0.29, 0.717) is 50.5 Å². The molecule has 7 rings (SSSR count). The van der Waals surface area contributed by atoms with E-state index in [9.17, 15) is 60.3 Å². The Balaban J connectivity index is 1.22. The third-order valence-electron chi connectivity index (χ3n) is 19.6. The molecule has 5 aliphatic carbocycles. The molecule has 0 unspecified atom stereocenters. The van der Waals surface area contributed by atoms with Crippen molar-refractivity contribution >= 4 is 17.9 Å². The van der Waals surface area contributed by atoms with Crippen molar-refractivity contribution in [1.82, 2.24) is 0 Å². The van der Waals surface area contributed by atoms with E-state index < -0.39 is 155 Å². The van der Waals surface area contributed by atoms with Crippen LogP contribution in [-0.2, 0) is 42.8 Å². The molecule has 0 radical (unpaired) electrons. The van der Waals surface area contributed by atoms with Gasteiger partial charge in [-0.1, -0.05) is 73.1 Å². The van der Waals surface area contributed by atoms with E-state index in [2.05, 4.69) is 26.8 Å². The summed E-state index contributed by atoms with van der Waals surface area (Å²) in [6.45, 7) is 18.1. The molecular weight excluding hydrogens is 901 g/mol. The van der Waals surface area contributed by atoms with Gasteiger partial charge in [-0.15, -0.1) is 0 Å². The smallest absolute Gasteiger partial charge is 0.335 e. The maximum Gasteiger partial charge on any atom is 0.335 e. The number of carboxylic acid groups (broad SMARTS) is 1. The molecule has 2 saturated heterocycles. The molecule has 18 nitrogen and oxygen atoms in total. The highest BCUT2D eigenvalue weighted by molar-refractivity contribution is 5.87. The van der Waals surface area contributed by atoms with Crippen LogP contribution in [0, 0.1) is 56.2 Å². The molecule has 0 aromatic rings. The van der Waals surface area contributed by atoms with Crippen LogP contribution in [0.25, 0.3) is 0 Å². The Bertz CT molecular complexity index is 1990. The SMILES string of the molecule is C/C=C(/C)C(=O)O[C@@H]1[C@H](OC(=O)[C@@H](C)CC)[C@]2(CO)[C@H](O)C[C@@]3(C)C(=CC[C@@H]4[C@]5(C)CC[C@H](O[C@H]6O[C@@H](C(=O)O)[C@H](O)[C@@H](O)[C@@H]6O[C@H]6O[C@@H](CO)[C@@H](O)[C@@H]6O)[C@@](C)(CO)[C@H]5CC[C@@]43C)[C@H]2CC1(C)C. The average Bonchev–Trinajstić information content (AvgIpc) is 3.57. The minimum Gasteiger partial charge on any atom is -0.479 e. The Morgan fingerprint density at radius 3 is 2.09 bits per heavy atom. The number of aliphatic hydroxyl groups is 8. The molecule has 4 saturated carbocycles. The van der Waals surface area contributed by atoms with Crippen LogP contribution in [0.15, 0.2) is 23.3 Å². The van der Waals surface area contributed by atoms with Crippen molar-refractivity contribution in [2.24, 2.45) is 56.2 Å². The van der Waals surface area contributed by atoms with Crippen LogP contribution < -0.4 is 0 Å². The second kappa shape index (κ2) is 19.4. The lowest BCUT2D eigenvalue weighted by Gasteiger charge is -2.72. The van der Waals surface area contributed by atoms with Crippen LogP contribution in [-0.4, -0.2) is 163 Å². The first kappa shape index (κ1) is 54.2. The molecule has 2 aliphatic heterocycles. The van der Waals surface area contributed by atoms with Crippen LogP contribution >= 0.6 is 0 Å². The van der Waals surface area contributed by atoms with Crippen LogP contribution in [0.3, 0.4) is 0 Å². The van der Waals surface area contributed by atoms with Gasteiger partial charge in [-0.05, 0) is 99.2 Å². The molecule has 69 heavy (non-hydrogen) atoms. The van der Waals surface area contributed by atoms with Crippen molar-refractivity contribution in [3.05, 3.63) is 23.3 Å². The van der Waals surface area contributed by atoms with Crippen LogP contribution in [0.2, 0.25) is 0 Å². The summed E-state index contributed by atoms with van der Waals surface area (Å²) >= 11 is 0. The van der Waals surface area contributed by atoms with Crippen molar-refractivity contribution in [2.75, 3.05) is 19.8 Å². The van der Waals surface area contributed by atoms with Gasteiger partial charge in [0.25, 0.3) is 0 Å². The first-order valence-electron chi connectivity index (χ1n) is 25.0. The van der Waals surface area contributed by atoms with Gasteiger partial charge in [-0.3, -0.25) is 4.79 Å². The van der Waals surface area contributed by atoms with Gasteiger partial charge in [-0.25, -0.2) is 9.59 Å². The van der Waals surface area contributed by atoms with Gasteiger partial charge in [0.2, 0.25) is 0 Å². The quantitative estimate of drug-likeness (QED) is 0.0555. The first-order chi connectivity index (χ1) is 32.2. The van der Waals surface area contributed by atoms with Gasteiger partial charge in [0.05, 0.1) is 43.4 Å². The van der Waals surface area contributed by atoms with Gasteiger partial charge in [0.1, 0.15) is 48.8 Å². The number of carbonyl (C=O) groups is 3. The van der Waals surface area contributed by atoms with Crippen molar-refractivity contribution in [2.45, 2.75) is 200 Å². The molecule has 22 atom stereocenters. The number of rotatable bonds is 13. The predicted molar refractivity (Wildman–Crippen MR) is 244 cm³/mol. The fourth-order valence-corrected chi connectivity index (χ4v) is 14.8. The summed E-state index contributed by atoms with van der Waals surface area (Å²) in [6, 6.07) is 0. The van der Waals surface area contributed by atoms with E-state index in [4.69, 9.17) is 28.4 Å². The van der Waals surface area contributed by atoms with Crippen molar-refractivity contribution < 1.29 is 88.8 Å². The molecule has 9 N–H and O–H groups in total. The number of carboxylic acids is 1. The number of aliphatic carboxylic acids is 1. The summed E-state index contributed by atoms with van der Waals surface area (Å²) in [5.74, 6) is -3.75. The maximum absolute atomic E-state index is 13.8. The Morgan fingerprint density at radius 1 is 0.826 bits per heavy atom. The molecule has 18 heteroatoms. The zero-order valence-electron chi connectivity index (χ0n) is 41.9. The van der Waals surface area contributed by atoms with E-state index in [1.54, 1.807) is 26.8 Å². The maximum atomic E-state index is 13.8. The minimum atomic E-state index is -1.98. The lowest BCUT2D eigenvalue weighted by molar-refractivity contribution is -0.353. The van der Waals surface area contributed by atoms with Crippen LogP contribution in [0.5, 0.6) is 0 Å². The monoisotopic (exact) mass is 981 g/mol. The second-order valence-corrected chi connectivity index (χ2v) is 23.4. The molecule has 6 fully saturated rings. The highest BCUT2D eigenvalue weighted by Gasteiger charge is 2.74. The summed E-state index contributed by atoms with van der Waals surface area (Å²) in [5.41, 5.74) is -3.18. The molecule has 0 bridgehead atoms. The number of esters is 2. The highest BCUT2D eigenvalue weighted by Crippen LogP contribution is 2.76. The standard InChI is InChI=1S/C51H80O18/c1-11-24(3)42(62)68-39-40(69-43(63)25(4)12-2)51(23-54)27(19-46(39,5)6)26-13-14-30-47(7)17-16-32(48(8,22-53)29(47)15-18-49(30,9)50(26,10)20-31(51)55)65-45-38(35(58)34(57)37(66-45)41(60)61)67-44-36(59)33(56)28(21-52)64-44/h11,13,25,27-40,44-45,52-59H,12,14-23H2,1-10H3,(H,60,61)/b24-11-/t25-,27+,28-,29-,30+,31+,32-,33+,34+,35+,36-,37+,38-,39+,40-,44+,45-,47+,48-,49-,50-,51-/m0/s1. The zero-order chi connectivity index (χ0) is 51.1. The fraction of sp³-hybridized carbons (Fsp3) is 0.863. The van der Waals surface area contributed by atoms with Crippen LogP contribution in [0.1, 0.15) is 121 Å². The van der Waals surface area contributed by atoms with E-state index in [1.165, 1.54) is 0 Å². The van der Waals surface area contributed by atoms with Crippen molar-refractivity contribution in [3.63, 3.8) is 0 Å². The Kier molecular flexibility index (Phi) is 15.2. The van der Waals surface area contributed by atoms with Gasteiger partial charge < -0.3 is 74.4 Å². The molecule has 0 spiro atoms. The molecule has 0 aromatic heterocycles. The third-order valence-corrected chi connectivity index (χ3v) is 19.6. The van der Waals surface area contributed by atoms with E-state index in [1.807, 2.05) is 27.7 Å². The van der Waals surface area contributed by atoms with Gasteiger partial charge in [0.15, 0.2) is 18.7 Å². The van der Waals surface area contributed by atoms with E-state index in [0.717, 1.165) is 5.57 Å². The number of fused-ring (bicyclic) bond motifs is 7. The average molecular weight is 981 g/mol. The highest BCUT2D eigenvalue weighted by atomic mass is 16.8. The van der Waals surface area contributed by atoms with Gasteiger partial charge in [-0.2, -0.15) is 0 Å². The fourth-order valence-electron chi connectivity index (χ4n) is 14.8. The number of aliphatic hydroxyl groups excluding tert-OH is 8. The van der Waals surface area contributed by atoms with Crippen molar-refractivity contribution in [3.8, 4) is 0 Å². The molecule has 392 valence electrons. The third kappa shape index (κ3) is 8.36. The Morgan fingerprint density at radius 2 is 1.51 bits per heavy atom. The number of hydrogen-bond donors (Lipinski definition) is 9. The Hall–Kier alpha value is -2.59. The lowest BCUT2D eigenvalue weighted by atomic mass is 9.33. The Labute approximate surface area is 405 Å². The molecular formula is C51H80O18. The molecule has 0 aromatic carbocycles. The summed E-state index contributed by atoms with van der Waals surface area (Å²) in [6.07, 6.45) is -11.4. The predicted octanol–water partition coefficient (Wildman–Crippen LogP) is 2.52. The number of ether oxygens (including phenoxy) is 6. The van der Waals surface area contributed by atoms with Crippen LogP contribution in [0.4, 0.5) is 0 Å². The normalized spacial score (nSPS) is 48.7. The largest absolute Gasteiger partial charge is 0.479 e.